The molecule has 6 heteroatoms. The van der Waals surface area contributed by atoms with Crippen molar-refractivity contribution in [2.75, 3.05) is 0 Å². The predicted octanol–water partition coefficient (Wildman–Crippen LogP) is 2.77. The first-order valence-electron chi connectivity index (χ1n) is 6.64. The van der Waals surface area contributed by atoms with Crippen molar-refractivity contribution in [2.24, 2.45) is 0 Å². The number of nitrogens with zero attached hydrogens (tertiary/aromatic N) is 4. The Morgan fingerprint density at radius 1 is 1.19 bits per heavy atom. The molecule has 0 amide bonds. The Balaban J connectivity index is 2.04. The van der Waals surface area contributed by atoms with Gasteiger partial charge in [-0.1, -0.05) is 24.2 Å². The van der Waals surface area contributed by atoms with Gasteiger partial charge in [0, 0.05) is 5.56 Å². The van der Waals surface area contributed by atoms with Crippen LogP contribution in [0.15, 0.2) is 34.9 Å². The topological polar surface area (TPSA) is 84.9 Å². The van der Waals surface area contributed by atoms with Crippen molar-refractivity contribution in [2.45, 2.75) is 20.3 Å². The normalized spacial score (nSPS) is 10.8. The zero-order valence-electron chi connectivity index (χ0n) is 11.7. The fraction of sp³-hybridized carbons (Fsp3) is 0.200. The number of phenolic OH excluding ortho intramolecular Hbond substituents is 1. The highest BCUT2D eigenvalue weighted by atomic mass is 16.5. The first-order chi connectivity index (χ1) is 10.2. The SMILES string of the molecule is CCc1nnc(C)cc1-c1nc(-c2cccc(O)c2)no1. The molecule has 0 atom stereocenters. The third kappa shape index (κ3) is 2.60. The molecule has 0 saturated heterocycles. The summed E-state index contributed by atoms with van der Waals surface area (Å²) in [5.74, 6) is 0.995. The van der Waals surface area contributed by atoms with Crippen molar-refractivity contribution in [3.8, 4) is 28.6 Å². The lowest BCUT2D eigenvalue weighted by Gasteiger charge is -2.01. The highest BCUT2D eigenvalue weighted by Crippen LogP contribution is 2.26. The minimum Gasteiger partial charge on any atom is -0.508 e. The molecule has 106 valence electrons. The average molecular weight is 282 g/mol. The molecule has 0 aliphatic rings. The molecule has 0 saturated carbocycles. The van der Waals surface area contributed by atoms with Crippen molar-refractivity contribution in [1.82, 2.24) is 20.3 Å². The van der Waals surface area contributed by atoms with Crippen LogP contribution in [0.3, 0.4) is 0 Å². The van der Waals surface area contributed by atoms with Crippen LogP contribution in [-0.4, -0.2) is 25.4 Å². The number of aryl methyl sites for hydroxylation is 2. The lowest BCUT2D eigenvalue weighted by atomic mass is 10.1. The molecule has 0 spiro atoms. The summed E-state index contributed by atoms with van der Waals surface area (Å²) in [5.41, 5.74) is 3.09. The van der Waals surface area contributed by atoms with E-state index < -0.39 is 0 Å². The summed E-state index contributed by atoms with van der Waals surface area (Å²) in [5, 5.41) is 21.7. The molecule has 1 aromatic carbocycles. The Labute approximate surface area is 121 Å². The van der Waals surface area contributed by atoms with Crippen LogP contribution in [0, 0.1) is 6.92 Å². The number of rotatable bonds is 3. The number of aromatic hydroxyl groups is 1. The molecule has 0 aliphatic carbocycles. The fourth-order valence-electron chi connectivity index (χ4n) is 2.06. The standard InChI is InChI=1S/C15H14N4O2/c1-3-13-12(7-9(2)17-18-13)15-16-14(19-21-15)10-5-4-6-11(20)8-10/h4-8,20H,3H2,1-2H3. The van der Waals surface area contributed by atoms with Crippen LogP contribution in [0.4, 0.5) is 0 Å². The van der Waals surface area contributed by atoms with E-state index >= 15 is 0 Å². The summed E-state index contributed by atoms with van der Waals surface area (Å²) in [4.78, 5) is 4.38. The quantitative estimate of drug-likeness (QED) is 0.795. The van der Waals surface area contributed by atoms with Crippen molar-refractivity contribution >= 4 is 0 Å². The van der Waals surface area contributed by atoms with Gasteiger partial charge in [-0.2, -0.15) is 15.2 Å². The van der Waals surface area contributed by atoms with E-state index in [1.807, 2.05) is 26.0 Å². The minimum absolute atomic E-state index is 0.162. The van der Waals surface area contributed by atoms with Gasteiger partial charge < -0.3 is 9.63 Å². The molecule has 0 fully saturated rings. The van der Waals surface area contributed by atoms with E-state index in [0.29, 0.717) is 17.3 Å². The van der Waals surface area contributed by atoms with Gasteiger partial charge >= 0.3 is 0 Å². The van der Waals surface area contributed by atoms with Crippen molar-refractivity contribution in [1.29, 1.82) is 0 Å². The van der Waals surface area contributed by atoms with Crippen LogP contribution in [0.5, 0.6) is 5.75 Å². The fourth-order valence-corrected chi connectivity index (χ4v) is 2.06. The number of hydrogen-bond acceptors (Lipinski definition) is 6. The van der Waals surface area contributed by atoms with Crippen molar-refractivity contribution < 1.29 is 9.63 Å². The second-order valence-corrected chi connectivity index (χ2v) is 4.67. The Kier molecular flexibility index (Phi) is 3.35. The van der Waals surface area contributed by atoms with Crippen LogP contribution in [0.25, 0.3) is 22.8 Å². The first kappa shape index (κ1) is 13.2. The van der Waals surface area contributed by atoms with Crippen LogP contribution in [0.1, 0.15) is 18.3 Å². The largest absolute Gasteiger partial charge is 0.508 e. The molecule has 2 aromatic heterocycles. The Morgan fingerprint density at radius 3 is 2.81 bits per heavy atom. The second kappa shape index (κ2) is 5.32. The predicted molar refractivity (Wildman–Crippen MR) is 76.5 cm³/mol. The number of phenols is 1. The van der Waals surface area contributed by atoms with Crippen LogP contribution in [-0.2, 0) is 6.42 Å². The molecule has 1 N–H and O–H groups in total. The molecule has 0 aliphatic heterocycles. The summed E-state index contributed by atoms with van der Waals surface area (Å²) in [6.07, 6.45) is 0.729. The second-order valence-electron chi connectivity index (χ2n) is 4.67. The number of benzene rings is 1. The Bertz CT molecular complexity index is 783. The van der Waals surface area contributed by atoms with Gasteiger partial charge in [-0.15, -0.1) is 0 Å². The minimum atomic E-state index is 0.162. The van der Waals surface area contributed by atoms with Crippen LogP contribution >= 0.6 is 0 Å². The summed E-state index contributed by atoms with van der Waals surface area (Å²) in [6, 6.07) is 8.61. The van der Waals surface area contributed by atoms with Crippen molar-refractivity contribution in [3.63, 3.8) is 0 Å². The van der Waals surface area contributed by atoms with E-state index in [2.05, 4.69) is 20.3 Å². The average Bonchev–Trinajstić information content (AvgIpc) is 2.97. The smallest absolute Gasteiger partial charge is 0.260 e. The molecule has 0 unspecified atom stereocenters. The maximum absolute atomic E-state index is 9.51. The molecule has 2 heterocycles. The van der Waals surface area contributed by atoms with E-state index in [0.717, 1.165) is 23.4 Å². The maximum atomic E-state index is 9.51. The number of aromatic nitrogens is 4. The van der Waals surface area contributed by atoms with Gasteiger partial charge in [0.15, 0.2) is 0 Å². The molecule has 0 bridgehead atoms. The van der Waals surface area contributed by atoms with Gasteiger partial charge in [-0.25, -0.2) is 0 Å². The van der Waals surface area contributed by atoms with E-state index in [-0.39, 0.29) is 5.75 Å². The van der Waals surface area contributed by atoms with Crippen LogP contribution in [0.2, 0.25) is 0 Å². The summed E-state index contributed by atoms with van der Waals surface area (Å²) in [6.45, 7) is 3.86. The van der Waals surface area contributed by atoms with Gasteiger partial charge in [0.1, 0.15) is 5.75 Å². The maximum Gasteiger partial charge on any atom is 0.260 e. The summed E-state index contributed by atoms with van der Waals surface area (Å²) < 4.78 is 5.33. The first-order valence-corrected chi connectivity index (χ1v) is 6.64. The van der Waals surface area contributed by atoms with Gasteiger partial charge in [0.2, 0.25) is 5.82 Å². The lowest BCUT2D eigenvalue weighted by Crippen LogP contribution is -1.97. The highest BCUT2D eigenvalue weighted by Gasteiger charge is 2.15. The Hall–Kier alpha value is -2.76. The number of hydrogen-bond donors (Lipinski definition) is 1. The van der Waals surface area contributed by atoms with Gasteiger partial charge in [-0.3, -0.25) is 0 Å². The van der Waals surface area contributed by atoms with E-state index in [4.69, 9.17) is 4.52 Å². The summed E-state index contributed by atoms with van der Waals surface area (Å²) in [7, 11) is 0. The molecule has 3 rings (SSSR count). The molecule has 21 heavy (non-hydrogen) atoms. The zero-order chi connectivity index (χ0) is 14.8. The van der Waals surface area contributed by atoms with E-state index in [1.54, 1.807) is 18.2 Å². The Morgan fingerprint density at radius 2 is 2.05 bits per heavy atom. The van der Waals surface area contributed by atoms with Gasteiger partial charge in [0.05, 0.1) is 17.0 Å². The van der Waals surface area contributed by atoms with Crippen LogP contribution < -0.4 is 0 Å². The third-order valence-corrected chi connectivity index (χ3v) is 3.09. The van der Waals surface area contributed by atoms with Gasteiger partial charge in [-0.05, 0) is 31.5 Å². The zero-order valence-corrected chi connectivity index (χ0v) is 11.7. The molecule has 3 aromatic rings. The monoisotopic (exact) mass is 282 g/mol. The van der Waals surface area contributed by atoms with E-state index in [9.17, 15) is 5.11 Å². The van der Waals surface area contributed by atoms with Gasteiger partial charge in [0.25, 0.3) is 5.89 Å². The third-order valence-electron chi connectivity index (χ3n) is 3.09. The highest BCUT2D eigenvalue weighted by molar-refractivity contribution is 5.62. The molecular formula is C15H14N4O2. The lowest BCUT2D eigenvalue weighted by molar-refractivity contribution is 0.431. The van der Waals surface area contributed by atoms with Crippen molar-refractivity contribution in [3.05, 3.63) is 41.7 Å². The molecule has 6 nitrogen and oxygen atoms in total. The summed E-state index contributed by atoms with van der Waals surface area (Å²) >= 11 is 0. The molecular weight excluding hydrogens is 268 g/mol. The van der Waals surface area contributed by atoms with E-state index in [1.165, 1.54) is 0 Å². The molecule has 0 radical (unpaired) electrons.